The Hall–Kier alpha value is -0.610. The maximum absolute atomic E-state index is 7.41. The Kier molecular flexibility index (Phi) is 2.24. The molecule has 0 fully saturated rings. The zero-order valence-corrected chi connectivity index (χ0v) is 7.22. The second-order valence-corrected chi connectivity index (χ2v) is 2.81. The molecule has 0 radical (unpaired) electrons. The van der Waals surface area contributed by atoms with Crippen molar-refractivity contribution in [1.82, 2.24) is 4.68 Å². The number of nitrogens with one attached hydrogen (secondary N) is 1. The highest BCUT2D eigenvalue weighted by molar-refractivity contribution is 9.10. The van der Waals surface area contributed by atoms with Gasteiger partial charge in [0, 0.05) is 4.47 Å². The monoisotopic (exact) mass is 202 g/mol. The van der Waals surface area contributed by atoms with E-state index in [9.17, 15) is 0 Å². The standard InChI is InChI=1S/C6H8BrN3/c1-9-10-3-2-5(7)4-6(10)8/h2-4,8-9H,1H3/p+1. The number of hydrogen-bond donors (Lipinski definition) is 2. The maximum atomic E-state index is 7.41. The van der Waals surface area contributed by atoms with Crippen LogP contribution >= 0.6 is 15.9 Å². The van der Waals surface area contributed by atoms with Crippen molar-refractivity contribution in [3.05, 3.63) is 28.3 Å². The number of hydrogen-bond acceptors (Lipinski definition) is 1. The molecular formula is C6H9BrN3+. The minimum atomic E-state index is 0.483. The van der Waals surface area contributed by atoms with Crippen LogP contribution in [-0.4, -0.2) is 11.7 Å². The van der Waals surface area contributed by atoms with Crippen LogP contribution in [0.3, 0.4) is 0 Å². The molecule has 1 aromatic heterocycles. The molecule has 3 nitrogen and oxygen atoms in total. The van der Waals surface area contributed by atoms with Crippen molar-refractivity contribution in [3.8, 4) is 0 Å². The lowest BCUT2D eigenvalue weighted by molar-refractivity contribution is -0.687. The summed E-state index contributed by atoms with van der Waals surface area (Å²) >= 11 is 3.28. The second kappa shape index (κ2) is 2.98. The van der Waals surface area contributed by atoms with Crippen molar-refractivity contribution in [3.63, 3.8) is 0 Å². The minimum Gasteiger partial charge on any atom is -0.280 e. The summed E-state index contributed by atoms with van der Waals surface area (Å²) in [5.41, 5.74) is 2.33. The number of quaternary nitrogens is 1. The number of nitrogens with two attached hydrogens (primary N) is 1. The molecule has 54 valence electrons. The van der Waals surface area contributed by atoms with Crippen LogP contribution in [0.2, 0.25) is 0 Å². The normalized spacial score (nSPS) is 9.80. The third-order valence-electron chi connectivity index (χ3n) is 1.23. The smallest absolute Gasteiger partial charge is 0.175 e. The molecule has 1 heterocycles. The first-order valence-electron chi connectivity index (χ1n) is 2.96. The summed E-state index contributed by atoms with van der Waals surface area (Å²) in [6.07, 6.45) is 1.84. The van der Waals surface area contributed by atoms with Gasteiger partial charge in [0.05, 0.1) is 13.2 Å². The predicted molar refractivity (Wildman–Crippen MR) is 41.2 cm³/mol. The van der Waals surface area contributed by atoms with Crippen molar-refractivity contribution in [2.45, 2.75) is 0 Å². The molecule has 4 heteroatoms. The Bertz CT molecular complexity index is 279. The van der Waals surface area contributed by atoms with E-state index in [1.807, 2.05) is 24.7 Å². The highest BCUT2D eigenvalue weighted by Crippen LogP contribution is 2.01. The number of halogens is 1. The average molecular weight is 203 g/mol. The first-order valence-corrected chi connectivity index (χ1v) is 3.75. The molecule has 0 saturated carbocycles. The van der Waals surface area contributed by atoms with Crippen LogP contribution < -0.4 is 10.9 Å². The number of pyridine rings is 1. The summed E-state index contributed by atoms with van der Waals surface area (Å²) in [6.45, 7) is 0. The lowest BCUT2D eigenvalue weighted by Gasteiger charge is -1.98. The molecule has 1 rings (SSSR count). The van der Waals surface area contributed by atoms with E-state index >= 15 is 0 Å². The van der Waals surface area contributed by atoms with Gasteiger partial charge in [0.2, 0.25) is 0 Å². The minimum absolute atomic E-state index is 0.483. The van der Waals surface area contributed by atoms with Gasteiger partial charge in [-0.25, -0.2) is 5.43 Å². The number of aromatic nitrogens is 1. The van der Waals surface area contributed by atoms with E-state index in [4.69, 9.17) is 5.41 Å². The molecule has 0 amide bonds. The SMILES string of the molecule is C[NH2+]n1ccc(Br)cc1=N. The summed E-state index contributed by atoms with van der Waals surface area (Å²) in [6, 6.07) is 3.65. The Morgan fingerprint density at radius 1 is 1.70 bits per heavy atom. The Morgan fingerprint density at radius 3 is 2.90 bits per heavy atom. The third-order valence-corrected chi connectivity index (χ3v) is 1.72. The molecule has 0 spiro atoms. The predicted octanol–water partition coefficient (Wildman–Crippen LogP) is -0.314. The van der Waals surface area contributed by atoms with Gasteiger partial charge in [-0.15, -0.1) is 0 Å². The van der Waals surface area contributed by atoms with Crippen LogP contribution in [0.25, 0.3) is 0 Å². The van der Waals surface area contributed by atoms with Crippen LogP contribution in [-0.2, 0) is 0 Å². The van der Waals surface area contributed by atoms with E-state index in [0.717, 1.165) is 4.47 Å². The summed E-state index contributed by atoms with van der Waals surface area (Å²) in [7, 11) is 1.89. The third kappa shape index (κ3) is 1.46. The zero-order valence-electron chi connectivity index (χ0n) is 5.63. The van der Waals surface area contributed by atoms with Crippen molar-refractivity contribution >= 4 is 15.9 Å². The zero-order chi connectivity index (χ0) is 7.56. The van der Waals surface area contributed by atoms with Crippen LogP contribution in [0.1, 0.15) is 0 Å². The topological polar surface area (TPSA) is 45.4 Å². The molecule has 0 saturated heterocycles. The van der Waals surface area contributed by atoms with Crippen LogP contribution in [0.5, 0.6) is 0 Å². The van der Waals surface area contributed by atoms with E-state index in [-0.39, 0.29) is 0 Å². The van der Waals surface area contributed by atoms with E-state index in [1.54, 1.807) is 10.7 Å². The Morgan fingerprint density at radius 2 is 2.40 bits per heavy atom. The van der Waals surface area contributed by atoms with Gasteiger partial charge in [-0.3, -0.25) is 5.41 Å². The van der Waals surface area contributed by atoms with E-state index < -0.39 is 0 Å². The number of rotatable bonds is 1. The van der Waals surface area contributed by atoms with Gasteiger partial charge in [-0.2, -0.15) is 4.68 Å². The lowest BCUT2D eigenvalue weighted by atomic mass is 10.5. The quantitative estimate of drug-likeness (QED) is 0.588. The van der Waals surface area contributed by atoms with Crippen LogP contribution in [0.15, 0.2) is 22.8 Å². The van der Waals surface area contributed by atoms with Gasteiger partial charge in [0.25, 0.3) is 0 Å². The molecule has 0 aromatic carbocycles. The Labute approximate surface area is 67.3 Å². The van der Waals surface area contributed by atoms with Gasteiger partial charge in [0.1, 0.15) is 0 Å². The molecule has 0 aliphatic rings. The largest absolute Gasteiger partial charge is 0.280 e. The molecule has 1 aromatic rings. The molecule has 0 aliphatic carbocycles. The highest BCUT2D eigenvalue weighted by atomic mass is 79.9. The second-order valence-electron chi connectivity index (χ2n) is 1.90. The highest BCUT2D eigenvalue weighted by Gasteiger charge is 1.90. The number of nitrogens with zero attached hydrogens (tertiary/aromatic N) is 1. The van der Waals surface area contributed by atoms with Gasteiger partial charge in [0.15, 0.2) is 5.49 Å². The molecule has 0 bridgehead atoms. The molecule has 0 aliphatic heterocycles. The molecular weight excluding hydrogens is 194 g/mol. The van der Waals surface area contributed by atoms with E-state index in [2.05, 4.69) is 15.9 Å². The van der Waals surface area contributed by atoms with Crippen molar-refractivity contribution in [2.75, 3.05) is 7.05 Å². The van der Waals surface area contributed by atoms with Crippen molar-refractivity contribution in [1.29, 1.82) is 5.41 Å². The van der Waals surface area contributed by atoms with E-state index in [0.29, 0.717) is 5.49 Å². The fourth-order valence-corrected chi connectivity index (χ4v) is 1.05. The average Bonchev–Trinajstić information content (AvgIpc) is 1.88. The van der Waals surface area contributed by atoms with Gasteiger partial charge < -0.3 is 0 Å². The lowest BCUT2D eigenvalue weighted by Crippen LogP contribution is -2.86. The fraction of sp³-hybridized carbons (Fsp3) is 0.167. The summed E-state index contributed by atoms with van der Waals surface area (Å²) < 4.78 is 2.68. The van der Waals surface area contributed by atoms with Gasteiger partial charge in [-0.1, -0.05) is 15.9 Å². The fourth-order valence-electron chi connectivity index (χ4n) is 0.710. The first-order chi connectivity index (χ1) is 4.74. The summed E-state index contributed by atoms with van der Waals surface area (Å²) in [4.78, 5) is 0. The van der Waals surface area contributed by atoms with Crippen LogP contribution in [0.4, 0.5) is 0 Å². The maximum Gasteiger partial charge on any atom is 0.175 e. The molecule has 10 heavy (non-hydrogen) atoms. The first kappa shape index (κ1) is 7.50. The summed E-state index contributed by atoms with van der Waals surface area (Å²) in [5, 5.41) is 7.41. The van der Waals surface area contributed by atoms with Crippen LogP contribution in [0, 0.1) is 5.41 Å². The molecule has 0 unspecified atom stereocenters. The molecule has 0 atom stereocenters. The Balaban J connectivity index is 3.20. The van der Waals surface area contributed by atoms with E-state index in [1.165, 1.54) is 0 Å². The van der Waals surface area contributed by atoms with Crippen molar-refractivity contribution in [2.24, 2.45) is 0 Å². The molecule has 3 N–H and O–H groups in total. The van der Waals surface area contributed by atoms with Gasteiger partial charge in [-0.05, 0) is 12.1 Å². The van der Waals surface area contributed by atoms with Gasteiger partial charge >= 0.3 is 0 Å². The summed E-state index contributed by atoms with van der Waals surface area (Å²) in [5.74, 6) is 0. The van der Waals surface area contributed by atoms with Crippen molar-refractivity contribution < 1.29 is 5.43 Å².